The Kier molecular flexibility index (Phi) is 4.82. The van der Waals surface area contributed by atoms with Gasteiger partial charge in [-0.25, -0.2) is 9.78 Å². The van der Waals surface area contributed by atoms with Gasteiger partial charge in [-0.1, -0.05) is 11.6 Å². The molecule has 0 unspecified atom stereocenters. The number of amides is 1. The summed E-state index contributed by atoms with van der Waals surface area (Å²) in [5.41, 5.74) is -0.985. The normalized spacial score (nSPS) is 12.9. The number of halogens is 4. The Hall–Kier alpha value is -1.70. The highest BCUT2D eigenvalue weighted by Gasteiger charge is 2.31. The van der Waals surface area contributed by atoms with Gasteiger partial charge in [0, 0.05) is 6.20 Å². The molecule has 9 heteroatoms. The number of nitrogens with zero attached hydrogens (tertiary/aromatic N) is 1. The molecule has 0 saturated heterocycles. The molecule has 0 bridgehead atoms. The maximum Gasteiger partial charge on any atom is 0.417 e. The van der Waals surface area contributed by atoms with Crippen LogP contribution in [0.3, 0.4) is 0 Å². The van der Waals surface area contributed by atoms with Crippen LogP contribution in [0.4, 0.5) is 18.0 Å². The molecule has 0 radical (unpaired) electrons. The van der Waals surface area contributed by atoms with Gasteiger partial charge in [0.2, 0.25) is 5.88 Å². The molecule has 0 spiro atoms. The van der Waals surface area contributed by atoms with Crippen LogP contribution < -0.4 is 10.1 Å². The van der Waals surface area contributed by atoms with Crippen LogP contribution in [0.2, 0.25) is 5.02 Å². The van der Waals surface area contributed by atoms with Gasteiger partial charge in [0.1, 0.15) is 11.1 Å². The van der Waals surface area contributed by atoms with Crippen molar-refractivity contribution < 1.29 is 27.8 Å². The van der Waals surface area contributed by atoms with Crippen LogP contribution in [0.1, 0.15) is 12.5 Å². The third-order valence-corrected chi connectivity index (χ3v) is 2.26. The van der Waals surface area contributed by atoms with E-state index in [2.05, 4.69) is 10.3 Å². The SMILES string of the molecule is C[C@@H](CNC(=O)O)Oc1ncc(C(F)(F)F)cc1Cl. The van der Waals surface area contributed by atoms with Gasteiger partial charge in [-0.2, -0.15) is 13.2 Å². The van der Waals surface area contributed by atoms with E-state index < -0.39 is 23.9 Å². The first kappa shape index (κ1) is 15.4. The van der Waals surface area contributed by atoms with Gasteiger partial charge in [-0.05, 0) is 13.0 Å². The fourth-order valence-electron chi connectivity index (χ4n) is 1.13. The van der Waals surface area contributed by atoms with Gasteiger partial charge in [0.25, 0.3) is 0 Å². The summed E-state index contributed by atoms with van der Waals surface area (Å²) in [6.07, 6.45) is -5.80. The molecule has 1 rings (SSSR count). The van der Waals surface area contributed by atoms with Crippen molar-refractivity contribution in [2.45, 2.75) is 19.2 Å². The number of carbonyl (C=O) groups is 1. The van der Waals surface area contributed by atoms with E-state index in [1.807, 2.05) is 0 Å². The van der Waals surface area contributed by atoms with Crippen LogP contribution in [0.5, 0.6) is 5.88 Å². The van der Waals surface area contributed by atoms with Crippen molar-refractivity contribution in [2.24, 2.45) is 0 Å². The van der Waals surface area contributed by atoms with Crippen molar-refractivity contribution >= 4 is 17.7 Å². The molecule has 0 fully saturated rings. The second kappa shape index (κ2) is 5.96. The Balaban J connectivity index is 2.72. The molecule has 0 aliphatic heterocycles. The minimum atomic E-state index is -4.54. The maximum atomic E-state index is 12.4. The lowest BCUT2D eigenvalue weighted by atomic mass is 10.3. The Morgan fingerprint density at radius 1 is 1.63 bits per heavy atom. The summed E-state index contributed by atoms with van der Waals surface area (Å²) in [5, 5.41) is 10.1. The first-order valence-corrected chi connectivity index (χ1v) is 5.44. The highest BCUT2D eigenvalue weighted by molar-refractivity contribution is 6.31. The topological polar surface area (TPSA) is 71.5 Å². The Bertz CT molecular complexity index is 468. The molecule has 5 nitrogen and oxygen atoms in total. The number of aromatic nitrogens is 1. The van der Waals surface area contributed by atoms with E-state index in [0.29, 0.717) is 12.3 Å². The predicted molar refractivity (Wildman–Crippen MR) is 60.4 cm³/mol. The average Bonchev–Trinajstić information content (AvgIpc) is 2.27. The van der Waals surface area contributed by atoms with E-state index in [-0.39, 0.29) is 17.4 Å². The minimum Gasteiger partial charge on any atom is -0.472 e. The highest BCUT2D eigenvalue weighted by Crippen LogP contribution is 2.33. The van der Waals surface area contributed by atoms with Gasteiger partial charge in [-0.15, -0.1) is 0 Å². The van der Waals surface area contributed by atoms with Gasteiger partial charge >= 0.3 is 12.3 Å². The lowest BCUT2D eigenvalue weighted by Crippen LogP contribution is -2.32. The number of ether oxygens (including phenoxy) is 1. The minimum absolute atomic E-state index is 0.0473. The van der Waals surface area contributed by atoms with Crippen LogP contribution in [0.15, 0.2) is 12.3 Å². The van der Waals surface area contributed by atoms with E-state index in [1.54, 1.807) is 0 Å². The molecular weight excluding hydrogens is 289 g/mol. The summed E-state index contributed by atoms with van der Waals surface area (Å²) in [6.45, 7) is 1.47. The lowest BCUT2D eigenvalue weighted by Gasteiger charge is -2.15. The van der Waals surface area contributed by atoms with Crippen molar-refractivity contribution in [3.05, 3.63) is 22.8 Å². The molecule has 0 aliphatic rings. The molecule has 19 heavy (non-hydrogen) atoms. The second-order valence-electron chi connectivity index (χ2n) is 3.62. The summed E-state index contributed by atoms with van der Waals surface area (Å²) in [6, 6.07) is 0.696. The largest absolute Gasteiger partial charge is 0.472 e. The fourth-order valence-corrected chi connectivity index (χ4v) is 1.34. The highest BCUT2D eigenvalue weighted by atomic mass is 35.5. The zero-order valence-corrected chi connectivity index (χ0v) is 10.4. The molecule has 0 aliphatic carbocycles. The number of hydrogen-bond acceptors (Lipinski definition) is 3. The van der Waals surface area contributed by atoms with Crippen LogP contribution in [0, 0.1) is 0 Å². The molecule has 1 amide bonds. The molecule has 0 aromatic carbocycles. The Labute approximate surface area is 111 Å². The zero-order valence-electron chi connectivity index (χ0n) is 9.66. The molecule has 106 valence electrons. The summed E-state index contributed by atoms with van der Waals surface area (Å²) in [5.74, 6) is -0.186. The number of hydrogen-bond donors (Lipinski definition) is 2. The van der Waals surface area contributed by atoms with Crippen LogP contribution in [-0.4, -0.2) is 28.8 Å². The smallest absolute Gasteiger partial charge is 0.417 e. The Morgan fingerprint density at radius 2 is 2.26 bits per heavy atom. The first-order chi connectivity index (χ1) is 8.70. The van der Waals surface area contributed by atoms with Gasteiger partial charge in [0.05, 0.1) is 12.1 Å². The van der Waals surface area contributed by atoms with Crippen molar-refractivity contribution in [1.29, 1.82) is 0 Å². The molecule has 0 saturated carbocycles. The van der Waals surface area contributed by atoms with Gasteiger partial charge in [0.15, 0.2) is 0 Å². The molecule has 1 aromatic heterocycles. The van der Waals surface area contributed by atoms with Crippen molar-refractivity contribution in [2.75, 3.05) is 6.54 Å². The number of alkyl halides is 3. The predicted octanol–water partition coefficient (Wildman–Crippen LogP) is 2.79. The third kappa shape index (κ3) is 4.82. The molecular formula is C10H10ClF3N2O3. The molecule has 2 N–H and O–H groups in total. The summed E-state index contributed by atoms with van der Waals surface area (Å²) in [4.78, 5) is 13.7. The monoisotopic (exact) mass is 298 g/mol. The van der Waals surface area contributed by atoms with E-state index >= 15 is 0 Å². The molecule has 1 aromatic rings. The summed E-state index contributed by atoms with van der Waals surface area (Å²) in [7, 11) is 0. The number of rotatable bonds is 4. The van der Waals surface area contributed by atoms with Gasteiger partial charge in [-0.3, -0.25) is 0 Å². The van der Waals surface area contributed by atoms with E-state index in [4.69, 9.17) is 21.4 Å². The van der Waals surface area contributed by atoms with Crippen molar-refractivity contribution in [1.82, 2.24) is 10.3 Å². The number of nitrogens with one attached hydrogen (secondary N) is 1. The standard InChI is InChI=1S/C10H10ClF3N2O3/c1-5(3-16-9(17)18)19-8-7(11)2-6(4-15-8)10(12,13)14/h2,4-5,16H,3H2,1H3,(H,17,18)/t5-/m0/s1. The molecule has 1 atom stereocenters. The first-order valence-electron chi connectivity index (χ1n) is 5.06. The number of pyridine rings is 1. The lowest BCUT2D eigenvalue weighted by molar-refractivity contribution is -0.137. The van der Waals surface area contributed by atoms with Crippen LogP contribution in [0.25, 0.3) is 0 Å². The maximum absolute atomic E-state index is 12.4. The zero-order chi connectivity index (χ0) is 14.6. The van der Waals surface area contributed by atoms with Gasteiger partial charge < -0.3 is 15.2 Å². The van der Waals surface area contributed by atoms with Crippen LogP contribution >= 0.6 is 11.6 Å². The van der Waals surface area contributed by atoms with E-state index in [9.17, 15) is 18.0 Å². The van der Waals surface area contributed by atoms with E-state index in [1.165, 1.54) is 6.92 Å². The quantitative estimate of drug-likeness (QED) is 0.896. The fraction of sp³-hybridized carbons (Fsp3) is 0.400. The third-order valence-electron chi connectivity index (χ3n) is 1.99. The number of carboxylic acid groups (broad SMARTS) is 1. The average molecular weight is 299 g/mol. The molecule has 1 heterocycles. The van der Waals surface area contributed by atoms with Crippen molar-refractivity contribution in [3.8, 4) is 5.88 Å². The van der Waals surface area contributed by atoms with E-state index in [0.717, 1.165) is 0 Å². The Morgan fingerprint density at radius 3 is 2.74 bits per heavy atom. The van der Waals surface area contributed by atoms with Crippen molar-refractivity contribution in [3.63, 3.8) is 0 Å². The second-order valence-corrected chi connectivity index (χ2v) is 4.03. The summed E-state index contributed by atoms with van der Waals surface area (Å²) < 4.78 is 42.2. The summed E-state index contributed by atoms with van der Waals surface area (Å²) >= 11 is 5.62. The van der Waals surface area contributed by atoms with Crippen LogP contribution in [-0.2, 0) is 6.18 Å².